The van der Waals surface area contributed by atoms with Gasteiger partial charge in [0.15, 0.2) is 0 Å². The Morgan fingerprint density at radius 2 is 2.03 bits per heavy atom. The number of hydrogen-bond donors (Lipinski definition) is 0. The third-order valence-corrected chi connectivity index (χ3v) is 6.75. The van der Waals surface area contributed by atoms with E-state index in [4.69, 9.17) is 9.47 Å². The summed E-state index contributed by atoms with van der Waals surface area (Å²) in [5.74, 6) is -1.68. The third kappa shape index (κ3) is 3.93. The Bertz CT molecular complexity index is 1200. The number of esters is 1. The number of rotatable bonds is 5. The molecule has 0 bridgehead atoms. The Kier molecular flexibility index (Phi) is 5.54. The van der Waals surface area contributed by atoms with E-state index in [2.05, 4.69) is 4.98 Å². The second-order valence-electron chi connectivity index (χ2n) is 6.89. The van der Waals surface area contributed by atoms with Crippen molar-refractivity contribution in [3.63, 3.8) is 0 Å². The molecule has 1 aliphatic rings. The highest BCUT2D eigenvalue weighted by Crippen LogP contribution is 2.22. The number of aromatic nitrogens is 2. The Morgan fingerprint density at radius 3 is 2.77 bits per heavy atom. The van der Waals surface area contributed by atoms with E-state index in [1.807, 2.05) is 29.7 Å². The molecule has 8 nitrogen and oxygen atoms in total. The fourth-order valence-electron chi connectivity index (χ4n) is 3.25. The number of morpholine rings is 1. The first kappa shape index (κ1) is 20.5. The first-order valence-corrected chi connectivity index (χ1v) is 10.8. The summed E-state index contributed by atoms with van der Waals surface area (Å²) in [4.78, 5) is 16.3. The number of benzene rings is 1. The van der Waals surface area contributed by atoms with Crippen LogP contribution in [-0.4, -0.2) is 54.4 Å². The Balaban J connectivity index is 1.52. The molecular weight excluding hydrogens is 413 g/mol. The minimum absolute atomic E-state index is 0.0526. The van der Waals surface area contributed by atoms with E-state index >= 15 is 0 Å². The Labute approximate surface area is 172 Å². The number of imidazole rings is 1. The monoisotopic (exact) mass is 433 g/mol. The molecule has 1 aromatic carbocycles. The zero-order valence-electron chi connectivity index (χ0n) is 16.2. The van der Waals surface area contributed by atoms with E-state index in [1.54, 1.807) is 6.20 Å². The molecule has 1 fully saturated rings. The molecule has 1 saturated heterocycles. The van der Waals surface area contributed by atoms with Gasteiger partial charge in [0.25, 0.3) is 0 Å². The predicted octanol–water partition coefficient (Wildman–Crippen LogP) is 2.16. The molecule has 0 saturated carbocycles. The molecule has 0 atom stereocenters. The normalized spacial score (nSPS) is 15.4. The topological polar surface area (TPSA) is 90.2 Å². The van der Waals surface area contributed by atoms with Crippen molar-refractivity contribution in [2.24, 2.45) is 0 Å². The number of hydrogen-bond acceptors (Lipinski definition) is 6. The molecule has 158 valence electrons. The zero-order chi connectivity index (χ0) is 21.3. The van der Waals surface area contributed by atoms with Crippen LogP contribution in [0.1, 0.15) is 21.6 Å². The van der Waals surface area contributed by atoms with E-state index in [-0.39, 0.29) is 38.5 Å². The van der Waals surface area contributed by atoms with Gasteiger partial charge in [0.05, 0.1) is 24.5 Å². The number of pyridine rings is 1. The van der Waals surface area contributed by atoms with Gasteiger partial charge in [-0.2, -0.15) is 4.31 Å². The van der Waals surface area contributed by atoms with Crippen molar-refractivity contribution in [2.45, 2.75) is 18.4 Å². The minimum atomic E-state index is -4.08. The smallest absolute Gasteiger partial charge is 0.338 e. The molecule has 0 aliphatic carbocycles. The zero-order valence-corrected chi connectivity index (χ0v) is 17.1. The second-order valence-corrected chi connectivity index (χ2v) is 8.80. The van der Waals surface area contributed by atoms with E-state index in [9.17, 15) is 17.6 Å². The maximum atomic E-state index is 14.3. The lowest BCUT2D eigenvalue weighted by Crippen LogP contribution is -2.41. The standard InChI is InChI=1S/C20H20FN3O5S/c1-14-3-2-6-23-12-16(22-19(14)23)13-29-20(25)15-4-5-17(21)18(11-15)30(26,27)24-7-9-28-10-8-24/h2-6,11-12H,7-10,13H2,1H3. The highest BCUT2D eigenvalue weighted by molar-refractivity contribution is 7.89. The Hall–Kier alpha value is -2.82. The summed E-state index contributed by atoms with van der Waals surface area (Å²) in [6.07, 6.45) is 3.58. The predicted molar refractivity (Wildman–Crippen MR) is 105 cm³/mol. The molecular formula is C20H20FN3O5S. The molecule has 0 N–H and O–H groups in total. The van der Waals surface area contributed by atoms with Crippen molar-refractivity contribution >= 4 is 21.6 Å². The maximum Gasteiger partial charge on any atom is 0.338 e. The first-order valence-electron chi connectivity index (χ1n) is 9.34. The summed E-state index contributed by atoms with van der Waals surface area (Å²) < 4.78 is 53.2. The largest absolute Gasteiger partial charge is 0.456 e. The van der Waals surface area contributed by atoms with Crippen LogP contribution in [0.25, 0.3) is 5.65 Å². The van der Waals surface area contributed by atoms with Crippen LogP contribution < -0.4 is 0 Å². The fourth-order valence-corrected chi connectivity index (χ4v) is 4.75. The molecule has 0 radical (unpaired) electrons. The number of fused-ring (bicyclic) bond motifs is 1. The van der Waals surface area contributed by atoms with Crippen molar-refractivity contribution < 1.29 is 27.1 Å². The number of sulfonamides is 1. The Morgan fingerprint density at radius 1 is 1.27 bits per heavy atom. The molecule has 0 unspecified atom stereocenters. The van der Waals surface area contributed by atoms with Crippen molar-refractivity contribution in [3.05, 3.63) is 65.4 Å². The van der Waals surface area contributed by atoms with Gasteiger partial charge in [0.2, 0.25) is 10.0 Å². The van der Waals surface area contributed by atoms with Crippen LogP contribution in [-0.2, 0) is 26.1 Å². The van der Waals surface area contributed by atoms with Crippen LogP contribution in [0.4, 0.5) is 4.39 Å². The van der Waals surface area contributed by atoms with Crippen molar-refractivity contribution in [2.75, 3.05) is 26.3 Å². The van der Waals surface area contributed by atoms with Gasteiger partial charge in [-0.25, -0.2) is 22.6 Å². The molecule has 10 heteroatoms. The quantitative estimate of drug-likeness (QED) is 0.573. The molecule has 4 rings (SSSR count). The molecule has 3 aromatic rings. The van der Waals surface area contributed by atoms with Crippen LogP contribution in [0.5, 0.6) is 0 Å². The van der Waals surface area contributed by atoms with E-state index in [0.29, 0.717) is 5.69 Å². The molecule has 3 heterocycles. The van der Waals surface area contributed by atoms with Gasteiger partial charge in [-0.3, -0.25) is 0 Å². The third-order valence-electron chi connectivity index (χ3n) is 4.83. The number of aryl methyl sites for hydroxylation is 1. The number of halogens is 1. The van der Waals surface area contributed by atoms with Crippen LogP contribution in [0.15, 0.2) is 47.6 Å². The van der Waals surface area contributed by atoms with Gasteiger partial charge >= 0.3 is 5.97 Å². The van der Waals surface area contributed by atoms with E-state index in [1.165, 1.54) is 6.07 Å². The minimum Gasteiger partial charge on any atom is -0.456 e. The summed E-state index contributed by atoms with van der Waals surface area (Å²) >= 11 is 0. The van der Waals surface area contributed by atoms with E-state index in [0.717, 1.165) is 27.6 Å². The average Bonchev–Trinajstić information content (AvgIpc) is 3.17. The van der Waals surface area contributed by atoms with Crippen molar-refractivity contribution in [1.82, 2.24) is 13.7 Å². The molecule has 30 heavy (non-hydrogen) atoms. The van der Waals surface area contributed by atoms with Crippen LogP contribution in [0.2, 0.25) is 0 Å². The van der Waals surface area contributed by atoms with Crippen molar-refractivity contribution in [3.8, 4) is 0 Å². The fraction of sp³-hybridized carbons (Fsp3) is 0.300. The number of carbonyl (C=O) groups excluding carboxylic acids is 1. The van der Waals surface area contributed by atoms with Gasteiger partial charge in [-0.15, -0.1) is 0 Å². The number of ether oxygens (including phenoxy) is 2. The molecule has 0 amide bonds. The molecule has 1 aliphatic heterocycles. The van der Waals surface area contributed by atoms with Gasteiger partial charge < -0.3 is 13.9 Å². The summed E-state index contributed by atoms with van der Waals surface area (Å²) in [5, 5.41) is 0. The van der Waals surface area contributed by atoms with Gasteiger partial charge in [-0.05, 0) is 36.8 Å². The summed E-state index contributed by atoms with van der Waals surface area (Å²) in [6.45, 7) is 2.56. The second kappa shape index (κ2) is 8.13. The van der Waals surface area contributed by atoms with Gasteiger partial charge in [0, 0.05) is 25.5 Å². The number of nitrogens with zero attached hydrogens (tertiary/aromatic N) is 3. The van der Waals surface area contributed by atoms with Crippen LogP contribution in [0, 0.1) is 12.7 Å². The summed E-state index contributed by atoms with van der Waals surface area (Å²) in [5.41, 5.74) is 2.22. The highest BCUT2D eigenvalue weighted by atomic mass is 32.2. The van der Waals surface area contributed by atoms with E-state index < -0.39 is 26.7 Å². The highest BCUT2D eigenvalue weighted by Gasteiger charge is 2.30. The SMILES string of the molecule is Cc1cccn2cc(COC(=O)c3ccc(F)c(S(=O)(=O)N4CCOCC4)c3)nc12. The van der Waals surface area contributed by atoms with Crippen molar-refractivity contribution in [1.29, 1.82) is 0 Å². The summed E-state index contributed by atoms with van der Waals surface area (Å²) in [7, 11) is -4.08. The lowest BCUT2D eigenvalue weighted by Gasteiger charge is -2.26. The average molecular weight is 433 g/mol. The molecule has 2 aromatic heterocycles. The first-order chi connectivity index (χ1) is 14.4. The number of carbonyl (C=O) groups is 1. The summed E-state index contributed by atoms with van der Waals surface area (Å²) in [6, 6.07) is 6.97. The van der Waals surface area contributed by atoms with Gasteiger partial charge in [-0.1, -0.05) is 6.07 Å². The van der Waals surface area contributed by atoms with Crippen LogP contribution in [0.3, 0.4) is 0 Å². The lowest BCUT2D eigenvalue weighted by atomic mass is 10.2. The van der Waals surface area contributed by atoms with Gasteiger partial charge in [0.1, 0.15) is 23.0 Å². The lowest BCUT2D eigenvalue weighted by molar-refractivity contribution is 0.0468. The molecule has 0 spiro atoms. The maximum absolute atomic E-state index is 14.3. The van der Waals surface area contributed by atoms with Crippen LogP contribution >= 0.6 is 0 Å².